The van der Waals surface area contributed by atoms with Crippen LogP contribution in [-0.4, -0.2) is 98.3 Å². The molecule has 6 unspecified atom stereocenters. The van der Waals surface area contributed by atoms with Gasteiger partial charge in [0.2, 0.25) is 0 Å². The molecule has 342 valence electrons. The van der Waals surface area contributed by atoms with E-state index < -0.39 is 75.7 Å². The number of aliphatic hydroxyl groups excluding tert-OH is 5. The van der Waals surface area contributed by atoms with E-state index in [9.17, 15) is 44.6 Å². The van der Waals surface area contributed by atoms with Gasteiger partial charge in [-0.15, -0.1) is 0 Å². The number of hydrogen-bond acceptors (Lipinski definition) is 12. The van der Waals surface area contributed by atoms with Gasteiger partial charge in [0, 0.05) is 12.8 Å². The zero-order valence-electron chi connectivity index (χ0n) is 36.1. The minimum Gasteiger partial charge on any atom is -0.462 e. The minimum atomic E-state index is -5.11. The summed E-state index contributed by atoms with van der Waals surface area (Å²) in [4.78, 5) is 35.6. The molecule has 58 heavy (non-hydrogen) atoms. The average Bonchev–Trinajstić information content (AvgIpc) is 3.20. The van der Waals surface area contributed by atoms with E-state index in [0.717, 1.165) is 57.8 Å². The van der Waals surface area contributed by atoms with Gasteiger partial charge in [0.1, 0.15) is 43.2 Å². The van der Waals surface area contributed by atoms with E-state index in [0.29, 0.717) is 12.8 Å². The smallest absolute Gasteiger partial charge is 0.462 e. The number of carbonyl (C=O) groups is 2. The third-order valence-corrected chi connectivity index (χ3v) is 11.8. The molecule has 0 aromatic carbocycles. The van der Waals surface area contributed by atoms with Gasteiger partial charge in [-0.2, -0.15) is 0 Å². The molecule has 1 fully saturated rings. The lowest BCUT2D eigenvalue weighted by molar-refractivity contribution is -0.220. The SMILES string of the molecule is CCCCCCC/C=C/CCCCCCCC(=O)O[C@@H](COC(=O)CCCCCCCCCCCCCCCCC)COP(=O)(O)OC1C(O)C(O)C(O)[C@H](O)C1O. The van der Waals surface area contributed by atoms with E-state index in [-0.39, 0.29) is 12.8 Å². The van der Waals surface area contributed by atoms with Gasteiger partial charge in [-0.3, -0.25) is 18.6 Å². The number of allylic oxidation sites excluding steroid dienone is 2. The first-order valence-corrected chi connectivity index (χ1v) is 24.5. The number of carbonyl (C=O) groups excluding carboxylic acids is 2. The molecule has 1 aliphatic carbocycles. The van der Waals surface area contributed by atoms with Gasteiger partial charge in [-0.05, 0) is 38.5 Å². The number of hydrogen-bond donors (Lipinski definition) is 6. The van der Waals surface area contributed by atoms with Crippen molar-refractivity contribution in [1.29, 1.82) is 0 Å². The number of unbranched alkanes of at least 4 members (excludes halogenated alkanes) is 24. The minimum absolute atomic E-state index is 0.0906. The lowest BCUT2D eigenvalue weighted by Crippen LogP contribution is -2.64. The van der Waals surface area contributed by atoms with E-state index in [4.69, 9.17) is 18.5 Å². The second-order valence-electron chi connectivity index (χ2n) is 16.3. The standard InChI is InChI=1S/C44H83O13P/c1-3-5-7-9-11-13-15-17-19-21-22-24-26-28-30-32-37(45)54-34-36(35-55-58(52,53)57-44-42(50)40(48)39(47)41(49)43(44)51)56-38(46)33-31-29-27-25-23-20-18-16-14-12-10-8-6-4-2/h16,18,36,39-44,47-51H,3-15,17,19-35H2,1-2H3,(H,52,53)/b18-16+/t36-,39?,40-,41?,42?,43?,44?/m0/s1. The Labute approximate surface area is 350 Å². The summed E-state index contributed by atoms with van der Waals surface area (Å²) in [6.45, 7) is 3.29. The maximum absolute atomic E-state index is 12.8. The van der Waals surface area contributed by atoms with E-state index in [2.05, 4.69) is 26.0 Å². The number of rotatable bonds is 38. The van der Waals surface area contributed by atoms with Crippen molar-refractivity contribution in [2.75, 3.05) is 13.2 Å². The Kier molecular flexibility index (Phi) is 33.2. The van der Waals surface area contributed by atoms with Crippen molar-refractivity contribution in [2.24, 2.45) is 0 Å². The largest absolute Gasteiger partial charge is 0.472 e. The fourth-order valence-corrected chi connectivity index (χ4v) is 8.08. The predicted octanol–water partition coefficient (Wildman–Crippen LogP) is 8.67. The van der Waals surface area contributed by atoms with E-state index in [1.807, 2.05) is 0 Å². The summed E-state index contributed by atoms with van der Waals surface area (Å²) in [5.41, 5.74) is 0. The highest BCUT2D eigenvalue weighted by atomic mass is 31.2. The summed E-state index contributed by atoms with van der Waals surface area (Å²) in [5.74, 6) is -1.10. The third kappa shape index (κ3) is 27.4. The van der Waals surface area contributed by atoms with Crippen molar-refractivity contribution >= 4 is 19.8 Å². The fourth-order valence-electron chi connectivity index (χ4n) is 7.11. The lowest BCUT2D eigenvalue weighted by atomic mass is 9.85. The third-order valence-electron chi connectivity index (χ3n) is 10.9. The highest BCUT2D eigenvalue weighted by Gasteiger charge is 2.51. The summed E-state index contributed by atoms with van der Waals surface area (Å²) >= 11 is 0. The zero-order chi connectivity index (χ0) is 42.9. The highest BCUT2D eigenvalue weighted by molar-refractivity contribution is 7.47. The van der Waals surface area contributed by atoms with Crippen LogP contribution in [-0.2, 0) is 32.7 Å². The van der Waals surface area contributed by atoms with Gasteiger partial charge < -0.3 is 39.9 Å². The molecule has 1 rings (SSSR count). The molecule has 0 aliphatic heterocycles. The summed E-state index contributed by atoms with van der Waals surface area (Å²) in [6, 6.07) is 0. The monoisotopic (exact) mass is 851 g/mol. The number of phosphoric acid groups is 1. The first kappa shape index (κ1) is 54.6. The van der Waals surface area contributed by atoms with Crippen molar-refractivity contribution in [2.45, 2.75) is 243 Å². The summed E-state index contributed by atoms with van der Waals surface area (Å²) < 4.78 is 33.5. The maximum Gasteiger partial charge on any atom is 0.472 e. The molecule has 0 heterocycles. The molecule has 0 bridgehead atoms. The Morgan fingerprint density at radius 2 is 0.879 bits per heavy atom. The Morgan fingerprint density at radius 1 is 0.517 bits per heavy atom. The van der Waals surface area contributed by atoms with Crippen LogP contribution in [0.2, 0.25) is 0 Å². The van der Waals surface area contributed by atoms with Gasteiger partial charge >= 0.3 is 19.8 Å². The molecule has 0 spiro atoms. The number of aliphatic hydroxyl groups is 5. The average molecular weight is 851 g/mol. The van der Waals surface area contributed by atoms with Crippen molar-refractivity contribution in [3.05, 3.63) is 12.2 Å². The van der Waals surface area contributed by atoms with Crippen molar-refractivity contribution < 1.29 is 63.1 Å². The Hall–Kier alpha value is -1.41. The van der Waals surface area contributed by atoms with Crippen LogP contribution in [0.1, 0.15) is 200 Å². The number of esters is 2. The van der Waals surface area contributed by atoms with Crippen LogP contribution < -0.4 is 0 Å². The molecular weight excluding hydrogens is 767 g/mol. The summed E-state index contributed by atoms with van der Waals surface area (Å²) in [5, 5.41) is 50.1. The Bertz CT molecular complexity index is 1080. The van der Waals surface area contributed by atoms with E-state index in [1.54, 1.807) is 0 Å². The lowest BCUT2D eigenvalue weighted by Gasteiger charge is -2.41. The zero-order valence-corrected chi connectivity index (χ0v) is 37.0. The molecule has 1 aliphatic rings. The molecule has 0 amide bonds. The van der Waals surface area contributed by atoms with Gasteiger partial charge in [-0.1, -0.05) is 161 Å². The van der Waals surface area contributed by atoms with Crippen LogP contribution >= 0.6 is 7.82 Å². The van der Waals surface area contributed by atoms with Gasteiger partial charge in [0.15, 0.2) is 6.10 Å². The first-order chi connectivity index (χ1) is 27.9. The Morgan fingerprint density at radius 3 is 1.31 bits per heavy atom. The molecule has 14 heteroatoms. The summed E-state index contributed by atoms with van der Waals surface area (Å²) in [6.07, 6.45) is 22.7. The van der Waals surface area contributed by atoms with Crippen LogP contribution in [0.25, 0.3) is 0 Å². The normalized spacial score (nSPS) is 22.6. The summed E-state index contributed by atoms with van der Waals surface area (Å²) in [7, 11) is -5.11. The molecule has 0 aromatic heterocycles. The molecular formula is C44H83O13P. The number of phosphoric ester groups is 1. The Balaban J connectivity index is 2.46. The second kappa shape index (κ2) is 35.2. The van der Waals surface area contributed by atoms with E-state index >= 15 is 0 Å². The van der Waals surface area contributed by atoms with Crippen LogP contribution in [0.5, 0.6) is 0 Å². The first-order valence-electron chi connectivity index (χ1n) is 23.0. The van der Waals surface area contributed by atoms with Gasteiger partial charge in [0.25, 0.3) is 0 Å². The molecule has 0 radical (unpaired) electrons. The molecule has 0 aromatic rings. The predicted molar refractivity (Wildman–Crippen MR) is 226 cm³/mol. The number of ether oxygens (including phenoxy) is 2. The van der Waals surface area contributed by atoms with E-state index in [1.165, 1.54) is 103 Å². The molecule has 8 atom stereocenters. The van der Waals surface area contributed by atoms with Crippen molar-refractivity contribution in [1.82, 2.24) is 0 Å². The van der Waals surface area contributed by atoms with Crippen molar-refractivity contribution in [3.63, 3.8) is 0 Å². The topological polar surface area (TPSA) is 210 Å². The van der Waals surface area contributed by atoms with Crippen molar-refractivity contribution in [3.8, 4) is 0 Å². The molecule has 1 saturated carbocycles. The van der Waals surface area contributed by atoms with Crippen LogP contribution in [0.4, 0.5) is 0 Å². The molecule has 6 N–H and O–H groups in total. The van der Waals surface area contributed by atoms with Gasteiger partial charge in [0.05, 0.1) is 6.61 Å². The van der Waals surface area contributed by atoms with Crippen LogP contribution in [0.15, 0.2) is 12.2 Å². The highest BCUT2D eigenvalue weighted by Crippen LogP contribution is 2.47. The molecule has 0 saturated heterocycles. The van der Waals surface area contributed by atoms with Gasteiger partial charge in [-0.25, -0.2) is 4.57 Å². The second-order valence-corrected chi connectivity index (χ2v) is 17.7. The quantitative estimate of drug-likeness (QED) is 0.0149. The van der Waals surface area contributed by atoms with Crippen LogP contribution in [0.3, 0.4) is 0 Å². The van der Waals surface area contributed by atoms with Crippen LogP contribution in [0, 0.1) is 0 Å². The fraction of sp³-hybridized carbons (Fsp3) is 0.909. The molecule has 13 nitrogen and oxygen atoms in total. The maximum atomic E-state index is 12.8.